The Balaban J connectivity index is 3.23. The zero-order valence-electron chi connectivity index (χ0n) is 7.59. The first-order valence-corrected chi connectivity index (χ1v) is 4.06. The first kappa shape index (κ1) is 10.9. The van der Waals surface area contributed by atoms with Crippen LogP contribution in [0.4, 0.5) is 0 Å². The lowest BCUT2D eigenvalue weighted by molar-refractivity contribution is -0.197. The summed E-state index contributed by atoms with van der Waals surface area (Å²) in [6.45, 7) is 7.15. The van der Waals surface area contributed by atoms with Crippen LogP contribution < -0.4 is 0 Å². The molecule has 0 saturated carbocycles. The van der Waals surface area contributed by atoms with Crippen LogP contribution in [0.15, 0.2) is 0 Å². The van der Waals surface area contributed by atoms with Crippen LogP contribution in [0.25, 0.3) is 0 Å². The number of rotatable bonds is 6. The van der Waals surface area contributed by atoms with E-state index in [0.717, 1.165) is 0 Å². The fourth-order valence-corrected chi connectivity index (χ4v) is 0.567. The molecule has 0 aliphatic heterocycles. The molecule has 0 spiro atoms. The molecule has 0 radical (unpaired) electrons. The third kappa shape index (κ3) is 6.28. The predicted molar refractivity (Wildman–Crippen MR) is 43.4 cm³/mol. The van der Waals surface area contributed by atoms with E-state index in [2.05, 4.69) is 0 Å². The molecule has 68 valence electrons. The van der Waals surface area contributed by atoms with Crippen LogP contribution in [0.2, 0.25) is 0 Å². The standard InChI is InChI=1S/C8H18O3/c1-4-8(3,9)11-7-6-10-5-2/h9H,4-7H2,1-3H3. The second-order valence-corrected chi connectivity index (χ2v) is 2.57. The van der Waals surface area contributed by atoms with Crippen LogP contribution in [0.5, 0.6) is 0 Å². The summed E-state index contributed by atoms with van der Waals surface area (Å²) in [6.07, 6.45) is 0.596. The fourth-order valence-electron chi connectivity index (χ4n) is 0.567. The molecule has 3 heteroatoms. The molecule has 1 unspecified atom stereocenters. The van der Waals surface area contributed by atoms with Crippen molar-refractivity contribution in [2.45, 2.75) is 33.0 Å². The molecule has 0 bridgehead atoms. The van der Waals surface area contributed by atoms with Gasteiger partial charge >= 0.3 is 0 Å². The van der Waals surface area contributed by atoms with Gasteiger partial charge in [-0.1, -0.05) is 6.92 Å². The van der Waals surface area contributed by atoms with E-state index in [-0.39, 0.29) is 0 Å². The smallest absolute Gasteiger partial charge is 0.162 e. The number of hydrogen-bond donors (Lipinski definition) is 1. The molecule has 1 atom stereocenters. The Morgan fingerprint density at radius 3 is 2.36 bits per heavy atom. The topological polar surface area (TPSA) is 38.7 Å². The van der Waals surface area contributed by atoms with Gasteiger partial charge in [0.25, 0.3) is 0 Å². The highest BCUT2D eigenvalue weighted by Crippen LogP contribution is 2.09. The molecule has 1 N–H and O–H groups in total. The predicted octanol–water partition coefficient (Wildman–Crippen LogP) is 1.16. The molecule has 0 fully saturated rings. The maximum atomic E-state index is 9.34. The maximum absolute atomic E-state index is 9.34. The third-order valence-electron chi connectivity index (χ3n) is 1.50. The minimum absolute atomic E-state index is 0.453. The lowest BCUT2D eigenvalue weighted by atomic mass is 10.2. The largest absolute Gasteiger partial charge is 0.379 e. The minimum Gasteiger partial charge on any atom is -0.379 e. The first-order valence-electron chi connectivity index (χ1n) is 4.06. The molecule has 3 nitrogen and oxygen atoms in total. The molecule has 0 aromatic rings. The van der Waals surface area contributed by atoms with E-state index >= 15 is 0 Å². The Labute approximate surface area is 68.3 Å². The van der Waals surface area contributed by atoms with Gasteiger partial charge in [-0.25, -0.2) is 0 Å². The first-order chi connectivity index (χ1) is 5.12. The molecular formula is C8H18O3. The Bertz CT molecular complexity index is 91.3. The summed E-state index contributed by atoms with van der Waals surface area (Å²) < 4.78 is 10.1. The average molecular weight is 162 g/mol. The summed E-state index contributed by atoms with van der Waals surface area (Å²) in [5.41, 5.74) is 0. The summed E-state index contributed by atoms with van der Waals surface area (Å²) in [6, 6.07) is 0. The monoisotopic (exact) mass is 162 g/mol. The van der Waals surface area contributed by atoms with Crippen molar-refractivity contribution in [2.75, 3.05) is 19.8 Å². The van der Waals surface area contributed by atoms with Crippen LogP contribution in [0.3, 0.4) is 0 Å². The van der Waals surface area contributed by atoms with Gasteiger partial charge in [0, 0.05) is 6.61 Å². The van der Waals surface area contributed by atoms with Gasteiger partial charge in [0.1, 0.15) is 0 Å². The quantitative estimate of drug-likeness (QED) is 0.470. The number of aliphatic hydroxyl groups is 1. The fraction of sp³-hybridized carbons (Fsp3) is 1.00. The average Bonchev–Trinajstić information content (AvgIpc) is 1.99. The highest BCUT2D eigenvalue weighted by atomic mass is 16.6. The van der Waals surface area contributed by atoms with Crippen LogP contribution in [-0.4, -0.2) is 30.7 Å². The zero-order chi connectivity index (χ0) is 8.74. The summed E-state index contributed by atoms with van der Waals surface area (Å²) >= 11 is 0. The highest BCUT2D eigenvalue weighted by Gasteiger charge is 2.16. The second-order valence-electron chi connectivity index (χ2n) is 2.57. The molecule has 0 amide bonds. The normalized spacial score (nSPS) is 16.4. The van der Waals surface area contributed by atoms with E-state index in [1.165, 1.54) is 0 Å². The van der Waals surface area contributed by atoms with Gasteiger partial charge in [-0.3, -0.25) is 0 Å². The summed E-state index contributed by atoms with van der Waals surface area (Å²) in [5.74, 6) is -0.989. The summed E-state index contributed by atoms with van der Waals surface area (Å²) in [4.78, 5) is 0. The van der Waals surface area contributed by atoms with E-state index in [1.807, 2.05) is 13.8 Å². The molecule has 0 heterocycles. The second kappa shape index (κ2) is 5.52. The van der Waals surface area contributed by atoms with Crippen LogP contribution >= 0.6 is 0 Å². The highest BCUT2D eigenvalue weighted by molar-refractivity contribution is 4.54. The Hall–Kier alpha value is -0.120. The number of ether oxygens (including phenoxy) is 2. The van der Waals surface area contributed by atoms with E-state index in [0.29, 0.717) is 26.2 Å². The minimum atomic E-state index is -0.989. The summed E-state index contributed by atoms with van der Waals surface area (Å²) in [5, 5.41) is 9.34. The molecule has 0 aliphatic carbocycles. The van der Waals surface area contributed by atoms with Crippen molar-refractivity contribution in [1.82, 2.24) is 0 Å². The van der Waals surface area contributed by atoms with Gasteiger partial charge in [-0.2, -0.15) is 0 Å². The molecule has 0 aromatic heterocycles. The lowest BCUT2D eigenvalue weighted by Crippen LogP contribution is -2.28. The molecule has 0 aromatic carbocycles. The summed E-state index contributed by atoms with van der Waals surface area (Å²) in [7, 11) is 0. The Morgan fingerprint density at radius 1 is 1.27 bits per heavy atom. The van der Waals surface area contributed by atoms with E-state index in [9.17, 15) is 5.11 Å². The van der Waals surface area contributed by atoms with Gasteiger partial charge in [0.2, 0.25) is 0 Å². The molecule has 0 rings (SSSR count). The van der Waals surface area contributed by atoms with Crippen LogP contribution in [0, 0.1) is 0 Å². The van der Waals surface area contributed by atoms with Crippen molar-refractivity contribution < 1.29 is 14.6 Å². The lowest BCUT2D eigenvalue weighted by Gasteiger charge is -2.21. The van der Waals surface area contributed by atoms with Crippen molar-refractivity contribution in [2.24, 2.45) is 0 Å². The van der Waals surface area contributed by atoms with Crippen molar-refractivity contribution >= 4 is 0 Å². The zero-order valence-corrected chi connectivity index (χ0v) is 7.59. The molecular weight excluding hydrogens is 144 g/mol. The van der Waals surface area contributed by atoms with Gasteiger partial charge in [0.05, 0.1) is 13.2 Å². The van der Waals surface area contributed by atoms with Crippen molar-refractivity contribution in [1.29, 1.82) is 0 Å². The van der Waals surface area contributed by atoms with E-state index < -0.39 is 5.79 Å². The van der Waals surface area contributed by atoms with Crippen molar-refractivity contribution in [3.63, 3.8) is 0 Å². The maximum Gasteiger partial charge on any atom is 0.162 e. The van der Waals surface area contributed by atoms with Crippen LogP contribution in [-0.2, 0) is 9.47 Å². The van der Waals surface area contributed by atoms with Gasteiger partial charge < -0.3 is 14.6 Å². The van der Waals surface area contributed by atoms with Gasteiger partial charge in [-0.05, 0) is 20.3 Å². The van der Waals surface area contributed by atoms with E-state index in [4.69, 9.17) is 9.47 Å². The van der Waals surface area contributed by atoms with Crippen molar-refractivity contribution in [3.05, 3.63) is 0 Å². The molecule has 0 aliphatic rings. The Morgan fingerprint density at radius 2 is 1.91 bits per heavy atom. The van der Waals surface area contributed by atoms with E-state index in [1.54, 1.807) is 6.92 Å². The van der Waals surface area contributed by atoms with Gasteiger partial charge in [-0.15, -0.1) is 0 Å². The van der Waals surface area contributed by atoms with Gasteiger partial charge in [0.15, 0.2) is 5.79 Å². The number of hydrogen-bond acceptors (Lipinski definition) is 3. The van der Waals surface area contributed by atoms with Crippen LogP contribution in [0.1, 0.15) is 27.2 Å². The molecule has 11 heavy (non-hydrogen) atoms. The van der Waals surface area contributed by atoms with Crippen molar-refractivity contribution in [3.8, 4) is 0 Å². The SMILES string of the molecule is CCOCCOC(C)(O)CC. The Kier molecular flexibility index (Phi) is 5.46. The third-order valence-corrected chi connectivity index (χ3v) is 1.50. The molecule has 0 saturated heterocycles.